The molecule has 0 spiro atoms. The van der Waals surface area contributed by atoms with Gasteiger partial charge >= 0.3 is 0 Å². The van der Waals surface area contributed by atoms with Crippen LogP contribution in [0.5, 0.6) is 0 Å². The number of morpholine rings is 1. The fourth-order valence-corrected chi connectivity index (χ4v) is 1.19. The standard InChI is InChI=1S/C8H11FN4O/c9-7-5-10-8(11-6-7)12-13-1-3-14-4-2-13/h5-6H,1-4H2,(H,10,11,12). The van der Waals surface area contributed by atoms with E-state index in [9.17, 15) is 4.39 Å². The summed E-state index contributed by atoms with van der Waals surface area (Å²) in [7, 11) is 0. The fourth-order valence-electron chi connectivity index (χ4n) is 1.19. The zero-order valence-electron chi connectivity index (χ0n) is 7.61. The summed E-state index contributed by atoms with van der Waals surface area (Å²) in [5, 5.41) is 1.94. The van der Waals surface area contributed by atoms with Crippen molar-refractivity contribution in [3.8, 4) is 0 Å². The lowest BCUT2D eigenvalue weighted by Gasteiger charge is -2.26. The first-order valence-electron chi connectivity index (χ1n) is 4.41. The molecule has 14 heavy (non-hydrogen) atoms. The molecule has 0 saturated carbocycles. The molecular formula is C8H11FN4O. The highest BCUT2D eigenvalue weighted by Crippen LogP contribution is 2.02. The van der Waals surface area contributed by atoms with Crippen LogP contribution in [-0.4, -0.2) is 41.3 Å². The average molecular weight is 198 g/mol. The average Bonchev–Trinajstić information content (AvgIpc) is 2.23. The zero-order chi connectivity index (χ0) is 9.80. The van der Waals surface area contributed by atoms with E-state index in [2.05, 4.69) is 15.4 Å². The van der Waals surface area contributed by atoms with E-state index in [4.69, 9.17) is 4.74 Å². The van der Waals surface area contributed by atoms with Crippen molar-refractivity contribution in [3.05, 3.63) is 18.2 Å². The molecule has 0 atom stereocenters. The highest BCUT2D eigenvalue weighted by molar-refractivity contribution is 5.20. The van der Waals surface area contributed by atoms with E-state index in [0.29, 0.717) is 19.2 Å². The third-order valence-corrected chi connectivity index (χ3v) is 1.89. The van der Waals surface area contributed by atoms with E-state index >= 15 is 0 Å². The van der Waals surface area contributed by atoms with Gasteiger partial charge < -0.3 is 4.74 Å². The molecule has 76 valence electrons. The molecular weight excluding hydrogens is 187 g/mol. The Kier molecular flexibility index (Phi) is 2.85. The summed E-state index contributed by atoms with van der Waals surface area (Å²) < 4.78 is 17.7. The van der Waals surface area contributed by atoms with Crippen molar-refractivity contribution in [2.24, 2.45) is 0 Å². The number of hydrogen-bond acceptors (Lipinski definition) is 5. The molecule has 1 aromatic rings. The van der Waals surface area contributed by atoms with Crippen molar-refractivity contribution in [1.29, 1.82) is 0 Å². The molecule has 6 heteroatoms. The minimum absolute atomic E-state index is 0.410. The van der Waals surface area contributed by atoms with Crippen LogP contribution in [0.2, 0.25) is 0 Å². The van der Waals surface area contributed by atoms with E-state index in [1.54, 1.807) is 0 Å². The Balaban J connectivity index is 1.92. The molecule has 1 saturated heterocycles. The molecule has 0 bridgehead atoms. The minimum Gasteiger partial charge on any atom is -0.379 e. The van der Waals surface area contributed by atoms with Gasteiger partial charge in [-0.25, -0.2) is 19.4 Å². The second-order valence-electron chi connectivity index (χ2n) is 2.94. The Hall–Kier alpha value is -1.27. The number of anilines is 1. The summed E-state index contributed by atoms with van der Waals surface area (Å²) in [5.74, 6) is -0.0224. The highest BCUT2D eigenvalue weighted by Gasteiger charge is 2.10. The molecule has 0 aliphatic carbocycles. The van der Waals surface area contributed by atoms with Crippen LogP contribution < -0.4 is 5.43 Å². The molecule has 0 aromatic carbocycles. The SMILES string of the molecule is Fc1cnc(NN2CCOCC2)nc1. The Bertz CT molecular complexity index is 286. The van der Waals surface area contributed by atoms with Gasteiger partial charge in [0.05, 0.1) is 25.6 Å². The molecule has 1 aliphatic rings. The lowest BCUT2D eigenvalue weighted by Crippen LogP contribution is -2.40. The summed E-state index contributed by atoms with van der Waals surface area (Å²) in [6.07, 6.45) is 2.27. The predicted molar refractivity (Wildman–Crippen MR) is 48.0 cm³/mol. The van der Waals surface area contributed by atoms with Crippen molar-refractivity contribution in [2.75, 3.05) is 31.7 Å². The Morgan fingerprint density at radius 2 is 1.93 bits per heavy atom. The monoisotopic (exact) mass is 198 g/mol. The highest BCUT2D eigenvalue weighted by atomic mass is 19.1. The first kappa shape index (κ1) is 9.29. The van der Waals surface area contributed by atoms with Gasteiger partial charge in [0.2, 0.25) is 5.95 Å². The molecule has 0 amide bonds. The molecule has 0 unspecified atom stereocenters. The number of hydrazine groups is 1. The van der Waals surface area contributed by atoms with Gasteiger partial charge in [0, 0.05) is 13.1 Å². The van der Waals surface area contributed by atoms with Crippen molar-refractivity contribution in [2.45, 2.75) is 0 Å². The van der Waals surface area contributed by atoms with E-state index in [1.807, 2.05) is 5.01 Å². The summed E-state index contributed by atoms with van der Waals surface area (Å²) in [6, 6.07) is 0. The van der Waals surface area contributed by atoms with Gasteiger partial charge in [-0.2, -0.15) is 0 Å². The van der Waals surface area contributed by atoms with Crippen molar-refractivity contribution >= 4 is 5.95 Å². The first-order chi connectivity index (χ1) is 6.84. The van der Waals surface area contributed by atoms with Crippen LogP contribution >= 0.6 is 0 Å². The predicted octanol–water partition coefficient (Wildman–Crippen LogP) is 0.275. The van der Waals surface area contributed by atoms with Crippen LogP contribution in [0.4, 0.5) is 10.3 Å². The maximum Gasteiger partial charge on any atom is 0.237 e. The minimum atomic E-state index is -0.433. The summed E-state index contributed by atoms with van der Waals surface area (Å²) in [4.78, 5) is 7.59. The van der Waals surface area contributed by atoms with E-state index in [0.717, 1.165) is 25.5 Å². The summed E-state index contributed by atoms with van der Waals surface area (Å²) in [6.45, 7) is 2.93. The quantitative estimate of drug-likeness (QED) is 0.739. The molecule has 5 nitrogen and oxygen atoms in total. The first-order valence-corrected chi connectivity index (χ1v) is 4.41. The maximum absolute atomic E-state index is 12.5. The largest absolute Gasteiger partial charge is 0.379 e. The van der Waals surface area contributed by atoms with Crippen LogP contribution in [0.1, 0.15) is 0 Å². The smallest absolute Gasteiger partial charge is 0.237 e. The second-order valence-corrected chi connectivity index (χ2v) is 2.94. The lowest BCUT2D eigenvalue weighted by molar-refractivity contribution is 0.0492. The van der Waals surface area contributed by atoms with Crippen molar-refractivity contribution in [1.82, 2.24) is 15.0 Å². The number of rotatable bonds is 2. The topological polar surface area (TPSA) is 50.3 Å². The van der Waals surface area contributed by atoms with Crippen LogP contribution in [-0.2, 0) is 4.74 Å². The zero-order valence-corrected chi connectivity index (χ0v) is 7.61. The Morgan fingerprint density at radius 3 is 2.57 bits per heavy atom. The van der Waals surface area contributed by atoms with Gasteiger partial charge in [0.1, 0.15) is 0 Å². The van der Waals surface area contributed by atoms with Gasteiger partial charge in [-0.1, -0.05) is 0 Å². The Morgan fingerprint density at radius 1 is 1.29 bits per heavy atom. The Labute approximate surface area is 80.9 Å². The van der Waals surface area contributed by atoms with Crippen LogP contribution in [0, 0.1) is 5.82 Å². The molecule has 2 rings (SSSR count). The van der Waals surface area contributed by atoms with Crippen LogP contribution in [0.3, 0.4) is 0 Å². The van der Waals surface area contributed by atoms with E-state index in [-0.39, 0.29) is 0 Å². The number of halogens is 1. The second kappa shape index (κ2) is 4.30. The van der Waals surface area contributed by atoms with Crippen LogP contribution in [0.25, 0.3) is 0 Å². The van der Waals surface area contributed by atoms with Gasteiger partial charge in [0.25, 0.3) is 0 Å². The summed E-state index contributed by atoms with van der Waals surface area (Å²) in [5.41, 5.74) is 2.97. The molecule has 1 N–H and O–H groups in total. The number of nitrogens with zero attached hydrogens (tertiary/aromatic N) is 3. The lowest BCUT2D eigenvalue weighted by atomic mass is 10.5. The maximum atomic E-state index is 12.5. The molecule has 1 aromatic heterocycles. The van der Waals surface area contributed by atoms with E-state index < -0.39 is 5.82 Å². The van der Waals surface area contributed by atoms with Crippen molar-refractivity contribution < 1.29 is 9.13 Å². The third kappa shape index (κ3) is 2.36. The van der Waals surface area contributed by atoms with Gasteiger partial charge in [0.15, 0.2) is 5.82 Å². The molecule has 0 radical (unpaired) electrons. The number of ether oxygens (including phenoxy) is 1. The van der Waals surface area contributed by atoms with Gasteiger partial charge in [-0.15, -0.1) is 0 Å². The number of aromatic nitrogens is 2. The fraction of sp³-hybridized carbons (Fsp3) is 0.500. The van der Waals surface area contributed by atoms with Crippen molar-refractivity contribution in [3.63, 3.8) is 0 Å². The number of hydrogen-bond donors (Lipinski definition) is 1. The van der Waals surface area contributed by atoms with Gasteiger partial charge in [-0.3, -0.25) is 5.43 Å². The van der Waals surface area contributed by atoms with Crippen LogP contribution in [0.15, 0.2) is 12.4 Å². The third-order valence-electron chi connectivity index (χ3n) is 1.89. The summed E-state index contributed by atoms with van der Waals surface area (Å²) >= 11 is 0. The molecule has 1 aliphatic heterocycles. The number of nitrogens with one attached hydrogen (secondary N) is 1. The normalized spacial score (nSPS) is 18.1. The molecule has 1 fully saturated rings. The van der Waals surface area contributed by atoms with E-state index in [1.165, 1.54) is 0 Å². The van der Waals surface area contributed by atoms with Gasteiger partial charge in [-0.05, 0) is 0 Å². The molecule has 2 heterocycles.